The van der Waals surface area contributed by atoms with E-state index in [4.69, 9.17) is 0 Å². The van der Waals surface area contributed by atoms with Crippen LogP contribution in [-0.4, -0.2) is 68.8 Å². The number of hydrogen-bond donors (Lipinski definition) is 4. The zero-order chi connectivity index (χ0) is 38.6. The van der Waals surface area contributed by atoms with Crippen LogP contribution in [0.3, 0.4) is 0 Å². The van der Waals surface area contributed by atoms with Gasteiger partial charge in [-0.05, 0) is 85.0 Å². The van der Waals surface area contributed by atoms with E-state index in [1.807, 2.05) is 100 Å². The number of aliphatic hydroxyl groups is 2. The summed E-state index contributed by atoms with van der Waals surface area (Å²) in [6.45, 7) is 7.97. The van der Waals surface area contributed by atoms with Gasteiger partial charge in [0.05, 0.1) is 24.5 Å². The van der Waals surface area contributed by atoms with E-state index in [2.05, 4.69) is 12.1 Å². The van der Waals surface area contributed by atoms with Crippen LogP contribution in [-0.2, 0) is 31.6 Å². The van der Waals surface area contributed by atoms with E-state index in [0.717, 1.165) is 55.6 Å². The first kappa shape index (κ1) is 49.3. The van der Waals surface area contributed by atoms with Crippen molar-refractivity contribution >= 4 is 26.7 Å². The summed E-state index contributed by atoms with van der Waals surface area (Å²) in [6, 6.07) is 27.9. The summed E-state index contributed by atoms with van der Waals surface area (Å²) in [5.41, 5.74) is 10.4. The summed E-state index contributed by atoms with van der Waals surface area (Å²) >= 11 is 0. The molecule has 2 unspecified atom stereocenters. The van der Waals surface area contributed by atoms with E-state index in [-0.39, 0.29) is 50.0 Å². The zero-order valence-corrected chi connectivity index (χ0v) is 33.8. The van der Waals surface area contributed by atoms with Crippen molar-refractivity contribution in [2.45, 2.75) is 65.6 Å². The molecule has 0 aliphatic heterocycles. The Labute approximate surface area is 342 Å². The van der Waals surface area contributed by atoms with Crippen molar-refractivity contribution in [1.29, 1.82) is 0 Å². The smallest absolute Gasteiger partial charge is 0.550 e. The molecule has 4 rings (SSSR count). The molecule has 0 spiro atoms. The van der Waals surface area contributed by atoms with Gasteiger partial charge < -0.3 is 39.8 Å². The number of aryl methyl sites for hydroxylation is 4. The van der Waals surface area contributed by atoms with E-state index in [1.165, 1.54) is 0 Å². The third kappa shape index (κ3) is 16.6. The third-order valence-corrected chi connectivity index (χ3v) is 12.5. The molecule has 0 bridgehead atoms. The molecule has 14 heteroatoms. The molecule has 0 radical (unpaired) electrons. The van der Waals surface area contributed by atoms with Crippen molar-refractivity contribution in [3.05, 3.63) is 118 Å². The van der Waals surface area contributed by atoms with Crippen molar-refractivity contribution in [1.82, 2.24) is 0 Å². The van der Waals surface area contributed by atoms with Crippen molar-refractivity contribution < 1.29 is 86.7 Å². The Bertz CT molecular complexity index is 1780. The van der Waals surface area contributed by atoms with Crippen molar-refractivity contribution in [2.24, 2.45) is 0 Å². The molecule has 280 valence electrons. The SMILES string of the molecule is Cc1cc(C)c(CCP(=O)(O)C[C@@H](O)CC(=O)[O-])c(-c2ccccc2)c1.Cc1cc(C)c(CCP(=O)(O)C[C@@H](O)CC(=O)[O-])c(-c2ccccc2)c1.[Li+].[Li+]. The standard InChI is InChI=1S/2C20H25O5P.2Li/c2*1-14-10-15(2)18(19(11-14)16-6-4-3-5-7-16)8-9-26(24,25)13-17(21)12-20(22)23;;/h2*3-7,10-11,17,21H,8-9,12-13H2,1-2H3,(H,22,23)(H,24,25);;/q;;2*+1/p-2/t2*17-;;/m00../s1. The van der Waals surface area contributed by atoms with Crippen molar-refractivity contribution in [2.75, 3.05) is 24.6 Å². The molecule has 0 amide bonds. The summed E-state index contributed by atoms with van der Waals surface area (Å²) in [4.78, 5) is 41.3. The van der Waals surface area contributed by atoms with E-state index in [0.29, 0.717) is 12.8 Å². The van der Waals surface area contributed by atoms with Gasteiger partial charge >= 0.3 is 37.7 Å². The molecular weight excluding hydrogens is 716 g/mol. The zero-order valence-electron chi connectivity index (χ0n) is 32.0. The quantitative estimate of drug-likeness (QED) is 0.0777. The third-order valence-electron chi connectivity index (χ3n) is 8.62. The van der Waals surface area contributed by atoms with Gasteiger partial charge in [0.15, 0.2) is 0 Å². The van der Waals surface area contributed by atoms with Crippen LogP contribution in [0.4, 0.5) is 0 Å². The van der Waals surface area contributed by atoms with Crippen molar-refractivity contribution in [3.8, 4) is 22.3 Å². The maximum atomic E-state index is 12.4. The molecule has 0 aliphatic rings. The van der Waals surface area contributed by atoms with Gasteiger partial charge in [-0.2, -0.15) is 0 Å². The number of aliphatic hydroxyl groups excluding tert-OH is 2. The topological polar surface area (TPSA) is 195 Å². The predicted molar refractivity (Wildman–Crippen MR) is 200 cm³/mol. The molecule has 0 aromatic heterocycles. The first-order chi connectivity index (χ1) is 24.4. The monoisotopic (exact) mass is 764 g/mol. The second kappa shape index (κ2) is 22.8. The molecule has 0 saturated heterocycles. The van der Waals surface area contributed by atoms with Crippen LogP contribution in [0.15, 0.2) is 84.9 Å². The van der Waals surface area contributed by atoms with Crippen molar-refractivity contribution in [3.63, 3.8) is 0 Å². The second-order valence-corrected chi connectivity index (χ2v) is 18.4. The fraction of sp³-hybridized carbons (Fsp3) is 0.350. The van der Waals surface area contributed by atoms with E-state index in [9.17, 15) is 48.9 Å². The molecule has 10 nitrogen and oxygen atoms in total. The largest absolute Gasteiger partial charge is 1.00 e. The number of carboxylic acids is 2. The number of benzene rings is 4. The van der Waals surface area contributed by atoms with Crippen LogP contribution in [0.1, 0.15) is 46.2 Å². The average molecular weight is 765 g/mol. The van der Waals surface area contributed by atoms with Crippen LogP contribution < -0.4 is 47.9 Å². The van der Waals surface area contributed by atoms with Gasteiger partial charge in [-0.15, -0.1) is 0 Å². The van der Waals surface area contributed by atoms with Gasteiger partial charge in [-0.3, -0.25) is 9.13 Å². The summed E-state index contributed by atoms with van der Waals surface area (Å²) in [5.74, 6) is -2.86. The van der Waals surface area contributed by atoms with Gasteiger partial charge in [-0.1, -0.05) is 96.1 Å². The number of carbonyl (C=O) groups is 2. The summed E-state index contributed by atoms with van der Waals surface area (Å²) in [7, 11) is -7.31. The van der Waals surface area contributed by atoms with E-state index < -0.39 is 64.0 Å². The van der Waals surface area contributed by atoms with Crippen LogP contribution in [0, 0.1) is 27.7 Å². The molecule has 0 saturated carbocycles. The van der Waals surface area contributed by atoms with Gasteiger partial charge in [0.1, 0.15) is 0 Å². The summed E-state index contributed by atoms with van der Waals surface area (Å²) < 4.78 is 24.8. The Hall–Kier alpha value is -2.69. The maximum absolute atomic E-state index is 12.4. The van der Waals surface area contributed by atoms with Crippen LogP contribution in [0.5, 0.6) is 0 Å². The molecule has 4 aromatic rings. The first-order valence-corrected chi connectivity index (χ1v) is 21.1. The maximum Gasteiger partial charge on any atom is 1.00 e. The number of hydrogen-bond acceptors (Lipinski definition) is 8. The summed E-state index contributed by atoms with van der Waals surface area (Å²) in [5, 5.41) is 40.3. The van der Waals surface area contributed by atoms with Crippen LogP contribution in [0.25, 0.3) is 22.3 Å². The summed E-state index contributed by atoms with van der Waals surface area (Å²) in [6.07, 6.45) is -4.16. The van der Waals surface area contributed by atoms with E-state index in [1.54, 1.807) is 0 Å². The number of carboxylic acid groups (broad SMARTS) is 2. The fourth-order valence-corrected chi connectivity index (χ4v) is 9.42. The number of rotatable bonds is 16. The van der Waals surface area contributed by atoms with Crippen LogP contribution in [0.2, 0.25) is 0 Å². The van der Waals surface area contributed by atoms with Crippen LogP contribution >= 0.6 is 14.7 Å². The molecular formula is C40H48Li2O10P2. The van der Waals surface area contributed by atoms with Gasteiger partial charge in [0.2, 0.25) is 14.7 Å². The Kier molecular flexibility index (Phi) is 20.8. The first-order valence-electron chi connectivity index (χ1n) is 17.0. The minimum Gasteiger partial charge on any atom is -0.550 e. The number of carbonyl (C=O) groups excluding carboxylic acids is 2. The molecule has 0 heterocycles. The number of aliphatic carboxylic acids is 2. The molecule has 4 atom stereocenters. The van der Waals surface area contributed by atoms with Gasteiger partial charge in [-0.25, -0.2) is 0 Å². The molecule has 0 fully saturated rings. The normalized spacial score (nSPS) is 14.1. The van der Waals surface area contributed by atoms with E-state index >= 15 is 0 Å². The molecule has 4 N–H and O–H groups in total. The Morgan fingerprint density at radius 2 is 0.907 bits per heavy atom. The Morgan fingerprint density at radius 1 is 0.593 bits per heavy atom. The fourth-order valence-electron chi connectivity index (χ4n) is 6.34. The molecule has 0 aliphatic carbocycles. The minimum absolute atomic E-state index is 0. The molecule has 4 aromatic carbocycles. The second-order valence-electron chi connectivity index (χ2n) is 13.4. The minimum atomic E-state index is -3.65. The predicted octanol–water partition coefficient (Wildman–Crippen LogP) is -1.42. The Morgan fingerprint density at radius 3 is 1.20 bits per heavy atom. The Balaban J connectivity index is 0.000000521. The average Bonchev–Trinajstić information content (AvgIpc) is 3.03. The molecule has 54 heavy (non-hydrogen) atoms. The van der Waals surface area contributed by atoms with Gasteiger partial charge in [0, 0.05) is 37.1 Å². The van der Waals surface area contributed by atoms with Gasteiger partial charge in [0.25, 0.3) is 0 Å².